The summed E-state index contributed by atoms with van der Waals surface area (Å²) in [5.41, 5.74) is 1.45. The number of likely N-dealkylation sites (N-methyl/N-ethyl adjacent to an activating group) is 2. The Labute approximate surface area is 141 Å². The van der Waals surface area contributed by atoms with E-state index in [2.05, 4.69) is 36.8 Å². The van der Waals surface area contributed by atoms with Crippen LogP contribution in [0.3, 0.4) is 0 Å². The molecule has 0 bridgehead atoms. The van der Waals surface area contributed by atoms with Crippen LogP contribution in [0.1, 0.15) is 13.8 Å². The quantitative estimate of drug-likeness (QED) is 0.884. The molecule has 24 heavy (non-hydrogen) atoms. The summed E-state index contributed by atoms with van der Waals surface area (Å²) in [6, 6.07) is -0.195. The van der Waals surface area contributed by atoms with Crippen molar-refractivity contribution in [2.75, 3.05) is 38.1 Å². The number of nitrogens with zero attached hydrogens (tertiary/aromatic N) is 6. The molecule has 1 aliphatic rings. The standard InChI is InChI=1S/C16H23N7O/c1-5-17-16(24)13-9-22(7-6-21(13)4)15-12-8-23(11(2)3)20-14(12)18-10-19-15/h8,10,13H,2,5-7,9H2,1,3-4H3,(H,17,24). The van der Waals surface area contributed by atoms with Gasteiger partial charge in [-0.3, -0.25) is 9.69 Å². The lowest BCUT2D eigenvalue weighted by atomic mass is 10.1. The molecule has 128 valence electrons. The van der Waals surface area contributed by atoms with Crippen LogP contribution in [-0.2, 0) is 4.79 Å². The van der Waals surface area contributed by atoms with Gasteiger partial charge in [0.05, 0.1) is 5.39 Å². The molecular formula is C16H23N7O. The Balaban J connectivity index is 1.92. The van der Waals surface area contributed by atoms with E-state index in [0.29, 0.717) is 18.7 Å². The first kappa shape index (κ1) is 16.4. The predicted molar refractivity (Wildman–Crippen MR) is 93.6 cm³/mol. The van der Waals surface area contributed by atoms with E-state index in [9.17, 15) is 4.79 Å². The van der Waals surface area contributed by atoms with Crippen molar-refractivity contribution in [3.05, 3.63) is 19.1 Å². The van der Waals surface area contributed by atoms with Gasteiger partial charge in [-0.25, -0.2) is 14.6 Å². The van der Waals surface area contributed by atoms with Gasteiger partial charge in [0.15, 0.2) is 5.65 Å². The van der Waals surface area contributed by atoms with Gasteiger partial charge in [0.2, 0.25) is 5.91 Å². The van der Waals surface area contributed by atoms with Crippen LogP contribution in [0.5, 0.6) is 0 Å². The SMILES string of the molecule is C=C(C)n1cc2c(N3CCN(C)C(C(=O)NCC)C3)ncnc2n1. The number of carbonyl (C=O) groups is 1. The molecule has 0 spiro atoms. The minimum absolute atomic E-state index is 0.0487. The molecule has 0 aromatic carbocycles. The van der Waals surface area contributed by atoms with E-state index in [1.165, 1.54) is 6.33 Å². The lowest BCUT2D eigenvalue weighted by molar-refractivity contribution is -0.126. The van der Waals surface area contributed by atoms with Gasteiger partial charge in [0.1, 0.15) is 18.2 Å². The third-order valence-electron chi connectivity index (χ3n) is 4.29. The van der Waals surface area contributed by atoms with Crippen LogP contribution in [0.4, 0.5) is 5.82 Å². The van der Waals surface area contributed by atoms with E-state index >= 15 is 0 Å². The first-order chi connectivity index (χ1) is 11.5. The van der Waals surface area contributed by atoms with Gasteiger partial charge in [-0.05, 0) is 20.9 Å². The fourth-order valence-electron chi connectivity index (χ4n) is 2.91. The number of piperazine rings is 1. The number of amides is 1. The van der Waals surface area contributed by atoms with Crippen molar-refractivity contribution in [2.24, 2.45) is 0 Å². The summed E-state index contributed by atoms with van der Waals surface area (Å²) in [7, 11) is 1.98. The van der Waals surface area contributed by atoms with Crippen molar-refractivity contribution in [2.45, 2.75) is 19.9 Å². The van der Waals surface area contributed by atoms with Gasteiger partial charge in [-0.1, -0.05) is 6.58 Å². The maximum Gasteiger partial charge on any atom is 0.239 e. The Kier molecular flexibility index (Phi) is 4.48. The zero-order valence-corrected chi connectivity index (χ0v) is 14.4. The van der Waals surface area contributed by atoms with Crippen LogP contribution in [-0.4, -0.2) is 69.8 Å². The minimum Gasteiger partial charge on any atom is -0.355 e. The number of carbonyl (C=O) groups excluding carboxylic acids is 1. The molecule has 0 radical (unpaired) electrons. The highest BCUT2D eigenvalue weighted by Crippen LogP contribution is 2.25. The Morgan fingerprint density at radius 2 is 2.21 bits per heavy atom. The second-order valence-electron chi connectivity index (χ2n) is 6.08. The number of fused-ring (bicyclic) bond motifs is 1. The minimum atomic E-state index is -0.195. The van der Waals surface area contributed by atoms with E-state index in [1.54, 1.807) is 4.68 Å². The van der Waals surface area contributed by atoms with Gasteiger partial charge < -0.3 is 10.2 Å². The summed E-state index contributed by atoms with van der Waals surface area (Å²) in [6.45, 7) is 10.5. The molecular weight excluding hydrogens is 306 g/mol. The van der Waals surface area contributed by atoms with Crippen LogP contribution in [0, 0.1) is 0 Å². The summed E-state index contributed by atoms with van der Waals surface area (Å²) < 4.78 is 1.71. The number of hydrogen-bond acceptors (Lipinski definition) is 6. The molecule has 1 atom stereocenters. The summed E-state index contributed by atoms with van der Waals surface area (Å²) >= 11 is 0. The fourth-order valence-corrected chi connectivity index (χ4v) is 2.91. The van der Waals surface area contributed by atoms with E-state index in [0.717, 1.165) is 30.0 Å². The van der Waals surface area contributed by atoms with Crippen LogP contribution in [0.25, 0.3) is 16.7 Å². The second kappa shape index (κ2) is 6.56. The normalized spacial score (nSPS) is 18.8. The topological polar surface area (TPSA) is 79.2 Å². The maximum atomic E-state index is 12.3. The molecule has 1 amide bonds. The second-order valence-corrected chi connectivity index (χ2v) is 6.08. The maximum absolute atomic E-state index is 12.3. The van der Waals surface area contributed by atoms with Gasteiger partial charge in [0, 0.05) is 38.1 Å². The Morgan fingerprint density at radius 3 is 2.92 bits per heavy atom. The molecule has 0 aliphatic carbocycles. The fraction of sp³-hybridized carbons (Fsp3) is 0.500. The highest BCUT2D eigenvalue weighted by atomic mass is 16.2. The Bertz CT molecular complexity index is 769. The average molecular weight is 329 g/mol. The van der Waals surface area contributed by atoms with Gasteiger partial charge in [-0.2, -0.15) is 0 Å². The Hall–Kier alpha value is -2.48. The third-order valence-corrected chi connectivity index (χ3v) is 4.29. The molecule has 3 heterocycles. The molecule has 3 rings (SSSR count). The first-order valence-electron chi connectivity index (χ1n) is 8.10. The number of nitrogens with one attached hydrogen (secondary N) is 1. The smallest absolute Gasteiger partial charge is 0.239 e. The van der Waals surface area contributed by atoms with Gasteiger partial charge in [0.25, 0.3) is 0 Å². The molecule has 1 N–H and O–H groups in total. The van der Waals surface area contributed by atoms with Crippen LogP contribution < -0.4 is 10.2 Å². The van der Waals surface area contributed by atoms with Crippen LogP contribution >= 0.6 is 0 Å². The molecule has 1 unspecified atom stereocenters. The Morgan fingerprint density at radius 1 is 1.42 bits per heavy atom. The molecule has 8 heteroatoms. The van der Waals surface area contributed by atoms with Crippen molar-refractivity contribution in [3.8, 4) is 0 Å². The van der Waals surface area contributed by atoms with Crippen LogP contribution in [0.15, 0.2) is 19.1 Å². The van der Waals surface area contributed by atoms with E-state index < -0.39 is 0 Å². The van der Waals surface area contributed by atoms with Crippen molar-refractivity contribution < 1.29 is 4.79 Å². The zero-order chi connectivity index (χ0) is 17.3. The molecule has 8 nitrogen and oxygen atoms in total. The van der Waals surface area contributed by atoms with E-state index in [-0.39, 0.29) is 11.9 Å². The summed E-state index contributed by atoms with van der Waals surface area (Å²) in [4.78, 5) is 25.2. The highest BCUT2D eigenvalue weighted by molar-refractivity contribution is 5.88. The first-order valence-corrected chi connectivity index (χ1v) is 8.10. The van der Waals surface area contributed by atoms with E-state index in [1.807, 2.05) is 27.1 Å². The summed E-state index contributed by atoms with van der Waals surface area (Å²) in [6.07, 6.45) is 3.42. The largest absolute Gasteiger partial charge is 0.355 e. The number of allylic oxidation sites excluding steroid dienone is 1. The highest BCUT2D eigenvalue weighted by Gasteiger charge is 2.31. The molecule has 1 saturated heterocycles. The average Bonchev–Trinajstić information content (AvgIpc) is 3.00. The molecule has 1 aliphatic heterocycles. The van der Waals surface area contributed by atoms with Crippen molar-refractivity contribution >= 4 is 28.5 Å². The molecule has 2 aromatic rings. The lowest BCUT2D eigenvalue weighted by Crippen LogP contribution is -2.57. The molecule has 2 aromatic heterocycles. The monoisotopic (exact) mass is 329 g/mol. The van der Waals surface area contributed by atoms with Gasteiger partial charge >= 0.3 is 0 Å². The predicted octanol–water partition coefficient (Wildman–Crippen LogP) is 0.573. The van der Waals surface area contributed by atoms with Crippen molar-refractivity contribution in [3.63, 3.8) is 0 Å². The number of hydrogen-bond donors (Lipinski definition) is 1. The third kappa shape index (κ3) is 2.96. The van der Waals surface area contributed by atoms with Crippen molar-refractivity contribution in [1.82, 2.24) is 30.0 Å². The molecule has 1 fully saturated rings. The van der Waals surface area contributed by atoms with E-state index in [4.69, 9.17) is 0 Å². The number of anilines is 1. The van der Waals surface area contributed by atoms with Gasteiger partial charge in [-0.15, -0.1) is 5.10 Å². The summed E-state index contributed by atoms with van der Waals surface area (Å²) in [5.74, 6) is 0.863. The lowest BCUT2D eigenvalue weighted by Gasteiger charge is -2.39. The van der Waals surface area contributed by atoms with Crippen LogP contribution in [0.2, 0.25) is 0 Å². The summed E-state index contributed by atoms with van der Waals surface area (Å²) in [5, 5.41) is 8.20. The molecule has 0 saturated carbocycles. The zero-order valence-electron chi connectivity index (χ0n) is 14.4. The van der Waals surface area contributed by atoms with Crippen molar-refractivity contribution in [1.29, 1.82) is 0 Å². The number of rotatable bonds is 4. The number of aromatic nitrogens is 4.